The van der Waals surface area contributed by atoms with E-state index >= 15 is 0 Å². The molecule has 172 valence electrons. The number of anilines is 4. The van der Waals surface area contributed by atoms with E-state index in [0.717, 1.165) is 22.7 Å². The maximum Gasteiger partial charge on any atom is 0.0386 e. The highest BCUT2D eigenvalue weighted by Gasteiger charge is 2.35. The van der Waals surface area contributed by atoms with Crippen LogP contribution in [0.5, 0.6) is 0 Å². The van der Waals surface area contributed by atoms with Crippen LogP contribution in [-0.2, 0) is 5.41 Å². The van der Waals surface area contributed by atoms with Crippen molar-refractivity contribution < 1.29 is 0 Å². The molecule has 2 heteroatoms. The van der Waals surface area contributed by atoms with Crippen LogP contribution in [0.4, 0.5) is 22.7 Å². The van der Waals surface area contributed by atoms with Crippen molar-refractivity contribution in [2.75, 3.05) is 10.6 Å². The number of hydrogen-bond donors (Lipinski definition) is 2. The Bertz CT molecular complexity index is 1140. The molecule has 1 fully saturated rings. The Kier molecular flexibility index (Phi) is 6.40. The van der Waals surface area contributed by atoms with Gasteiger partial charge >= 0.3 is 0 Å². The summed E-state index contributed by atoms with van der Waals surface area (Å²) >= 11 is 0. The smallest absolute Gasteiger partial charge is 0.0386 e. The third-order valence-corrected chi connectivity index (χ3v) is 7.20. The van der Waals surface area contributed by atoms with Gasteiger partial charge in [0.25, 0.3) is 0 Å². The molecular weight excluding hydrogens is 412 g/mol. The first kappa shape index (κ1) is 22.3. The summed E-state index contributed by atoms with van der Waals surface area (Å²) in [5, 5.41) is 7.11. The van der Waals surface area contributed by atoms with Gasteiger partial charge in [-0.25, -0.2) is 0 Å². The van der Waals surface area contributed by atoms with Crippen LogP contribution in [0.15, 0.2) is 97.1 Å². The lowest BCUT2D eigenvalue weighted by Crippen LogP contribution is -2.30. The molecule has 0 atom stereocenters. The molecule has 1 aliphatic carbocycles. The van der Waals surface area contributed by atoms with Crippen LogP contribution >= 0.6 is 0 Å². The zero-order chi connectivity index (χ0) is 23.4. The molecule has 0 saturated heterocycles. The Morgan fingerprint density at radius 1 is 0.500 bits per heavy atom. The van der Waals surface area contributed by atoms with E-state index in [1.807, 2.05) is 0 Å². The minimum absolute atomic E-state index is 0.0992. The van der Waals surface area contributed by atoms with Crippen molar-refractivity contribution >= 4 is 22.7 Å². The molecule has 0 aromatic heterocycles. The standard InChI is InChI=1S/C32H34N2/c1-24-8-6-10-30(22-24)33-28-16-12-26(13-17-28)32(20-4-3-5-21-32)27-14-18-29(19-15-27)34-31-11-7-9-25(2)23-31/h6-19,22-23,33-34H,3-5,20-21H2,1-2H3. The fourth-order valence-corrected chi connectivity index (χ4v) is 5.42. The molecule has 2 nitrogen and oxygen atoms in total. The van der Waals surface area contributed by atoms with Crippen LogP contribution < -0.4 is 10.6 Å². The largest absolute Gasteiger partial charge is 0.356 e. The van der Waals surface area contributed by atoms with Crippen LogP contribution in [0.2, 0.25) is 0 Å². The summed E-state index contributed by atoms with van der Waals surface area (Å²) < 4.78 is 0. The molecular formula is C32H34N2. The highest BCUT2D eigenvalue weighted by Crippen LogP contribution is 2.45. The third kappa shape index (κ3) is 4.87. The van der Waals surface area contributed by atoms with E-state index in [4.69, 9.17) is 0 Å². The molecule has 5 rings (SSSR count). The number of hydrogen-bond acceptors (Lipinski definition) is 2. The summed E-state index contributed by atoms with van der Waals surface area (Å²) in [5.41, 5.74) is 10.0. The van der Waals surface area contributed by atoms with Crippen LogP contribution in [0, 0.1) is 13.8 Å². The first-order chi connectivity index (χ1) is 16.6. The molecule has 0 radical (unpaired) electrons. The normalized spacial score (nSPS) is 15.0. The summed E-state index contributed by atoms with van der Waals surface area (Å²) in [7, 11) is 0. The molecule has 1 aliphatic rings. The molecule has 0 unspecified atom stereocenters. The fraction of sp³-hybridized carbons (Fsp3) is 0.250. The van der Waals surface area contributed by atoms with Crippen molar-refractivity contribution in [3.63, 3.8) is 0 Å². The number of benzene rings is 4. The first-order valence-corrected chi connectivity index (χ1v) is 12.5. The molecule has 0 heterocycles. The van der Waals surface area contributed by atoms with Crippen LogP contribution in [0.3, 0.4) is 0 Å². The van der Waals surface area contributed by atoms with Gasteiger partial charge in [-0.1, -0.05) is 67.8 Å². The molecule has 0 amide bonds. The Labute approximate surface area is 204 Å². The highest BCUT2D eigenvalue weighted by molar-refractivity contribution is 5.63. The van der Waals surface area contributed by atoms with Crippen LogP contribution in [0.25, 0.3) is 0 Å². The molecule has 2 N–H and O–H groups in total. The predicted octanol–water partition coefficient (Wildman–Crippen LogP) is 9.04. The Hall–Kier alpha value is -3.52. The van der Waals surface area contributed by atoms with Crippen molar-refractivity contribution in [3.05, 3.63) is 119 Å². The average molecular weight is 447 g/mol. The predicted molar refractivity (Wildman–Crippen MR) is 146 cm³/mol. The van der Waals surface area contributed by atoms with E-state index in [1.165, 1.54) is 54.4 Å². The lowest BCUT2D eigenvalue weighted by molar-refractivity contribution is 0.346. The summed E-state index contributed by atoms with van der Waals surface area (Å²) in [4.78, 5) is 0. The van der Waals surface area contributed by atoms with Gasteiger partial charge in [-0.05, 0) is 97.5 Å². The summed E-state index contributed by atoms with van der Waals surface area (Å²) in [6.45, 7) is 4.26. The summed E-state index contributed by atoms with van der Waals surface area (Å²) in [6, 6.07) is 35.4. The zero-order valence-corrected chi connectivity index (χ0v) is 20.3. The van der Waals surface area contributed by atoms with Gasteiger partial charge in [0.1, 0.15) is 0 Å². The van der Waals surface area contributed by atoms with Crippen LogP contribution in [-0.4, -0.2) is 0 Å². The second-order valence-electron chi connectivity index (χ2n) is 9.79. The van der Waals surface area contributed by atoms with Gasteiger partial charge in [0.2, 0.25) is 0 Å². The highest BCUT2D eigenvalue weighted by atomic mass is 14.9. The van der Waals surface area contributed by atoms with Crippen LogP contribution in [0.1, 0.15) is 54.4 Å². The number of aryl methyl sites for hydroxylation is 2. The molecule has 0 spiro atoms. The van der Waals surface area contributed by atoms with E-state index in [-0.39, 0.29) is 5.41 Å². The summed E-state index contributed by atoms with van der Waals surface area (Å²) in [6.07, 6.45) is 6.32. The van der Waals surface area contributed by atoms with E-state index < -0.39 is 0 Å². The van der Waals surface area contributed by atoms with Crippen molar-refractivity contribution in [1.29, 1.82) is 0 Å². The monoisotopic (exact) mass is 446 g/mol. The van der Waals surface area contributed by atoms with E-state index in [2.05, 4.69) is 122 Å². The van der Waals surface area contributed by atoms with Crippen molar-refractivity contribution in [3.8, 4) is 0 Å². The molecule has 0 aliphatic heterocycles. The van der Waals surface area contributed by atoms with Gasteiger partial charge in [0.05, 0.1) is 0 Å². The second kappa shape index (κ2) is 9.77. The number of nitrogens with one attached hydrogen (secondary N) is 2. The number of rotatable bonds is 6. The SMILES string of the molecule is Cc1cccc(Nc2ccc(C3(c4ccc(Nc5cccc(C)c5)cc4)CCCCC3)cc2)c1. The Morgan fingerprint density at radius 3 is 1.35 bits per heavy atom. The molecule has 4 aromatic carbocycles. The Morgan fingerprint density at radius 2 is 0.941 bits per heavy atom. The van der Waals surface area contributed by atoms with Crippen molar-refractivity contribution in [1.82, 2.24) is 0 Å². The second-order valence-corrected chi connectivity index (χ2v) is 9.79. The fourth-order valence-electron chi connectivity index (χ4n) is 5.42. The zero-order valence-electron chi connectivity index (χ0n) is 20.3. The van der Waals surface area contributed by atoms with E-state index in [0.29, 0.717) is 0 Å². The van der Waals surface area contributed by atoms with Gasteiger partial charge in [0, 0.05) is 28.2 Å². The first-order valence-electron chi connectivity index (χ1n) is 12.5. The minimum Gasteiger partial charge on any atom is -0.356 e. The van der Waals surface area contributed by atoms with Gasteiger partial charge in [-0.15, -0.1) is 0 Å². The summed E-state index contributed by atoms with van der Waals surface area (Å²) in [5.74, 6) is 0. The van der Waals surface area contributed by atoms with E-state index in [9.17, 15) is 0 Å². The van der Waals surface area contributed by atoms with E-state index in [1.54, 1.807) is 0 Å². The minimum atomic E-state index is 0.0992. The maximum absolute atomic E-state index is 3.55. The Balaban J connectivity index is 1.39. The topological polar surface area (TPSA) is 24.1 Å². The maximum atomic E-state index is 3.55. The lowest BCUT2D eigenvalue weighted by atomic mass is 9.65. The average Bonchev–Trinajstić information content (AvgIpc) is 2.85. The quantitative estimate of drug-likeness (QED) is 0.309. The van der Waals surface area contributed by atoms with Gasteiger partial charge in [0.15, 0.2) is 0 Å². The molecule has 0 bridgehead atoms. The van der Waals surface area contributed by atoms with Gasteiger partial charge in [-0.2, -0.15) is 0 Å². The van der Waals surface area contributed by atoms with Gasteiger partial charge < -0.3 is 10.6 Å². The lowest BCUT2D eigenvalue weighted by Gasteiger charge is -2.39. The van der Waals surface area contributed by atoms with Crippen molar-refractivity contribution in [2.45, 2.75) is 51.4 Å². The molecule has 4 aromatic rings. The van der Waals surface area contributed by atoms with Crippen molar-refractivity contribution in [2.24, 2.45) is 0 Å². The molecule has 1 saturated carbocycles. The van der Waals surface area contributed by atoms with Gasteiger partial charge in [-0.3, -0.25) is 0 Å². The third-order valence-electron chi connectivity index (χ3n) is 7.20. The molecule has 34 heavy (non-hydrogen) atoms.